The highest BCUT2D eigenvalue weighted by molar-refractivity contribution is 9.10. The molecule has 0 bridgehead atoms. The van der Waals surface area contributed by atoms with Gasteiger partial charge in [-0.25, -0.2) is 0 Å². The van der Waals surface area contributed by atoms with Gasteiger partial charge in [0.1, 0.15) is 0 Å². The van der Waals surface area contributed by atoms with Gasteiger partial charge in [0.25, 0.3) is 5.91 Å². The number of hydrogen-bond donors (Lipinski definition) is 2. The number of piperazine rings is 1. The van der Waals surface area contributed by atoms with Crippen molar-refractivity contribution in [3.63, 3.8) is 0 Å². The number of H-pyrrole nitrogens is 1. The first-order chi connectivity index (χ1) is 10.7. The predicted octanol–water partition coefficient (Wildman–Crippen LogP) is 1.59. The molecule has 0 radical (unpaired) electrons. The standard InChI is InChI=1S/C15H22BrN5O.ClH/c16-12-13(10-1-2-10)18-19-14(12)15(22)21-6-3-11(9-21)20-7-4-17-5-8-20;/h10-11,17H,1-9H2,(H,18,19);1H. The second kappa shape index (κ2) is 7.09. The Labute approximate surface area is 150 Å². The molecular formula is C15H23BrClN5O. The smallest absolute Gasteiger partial charge is 0.275 e. The molecule has 1 unspecified atom stereocenters. The van der Waals surface area contributed by atoms with Crippen LogP contribution in [0.5, 0.6) is 0 Å². The molecule has 4 rings (SSSR count). The van der Waals surface area contributed by atoms with Gasteiger partial charge in [-0.15, -0.1) is 12.4 Å². The van der Waals surface area contributed by atoms with E-state index < -0.39 is 0 Å². The van der Waals surface area contributed by atoms with Gasteiger partial charge in [-0.2, -0.15) is 5.10 Å². The minimum absolute atomic E-state index is 0. The number of aromatic amines is 1. The summed E-state index contributed by atoms with van der Waals surface area (Å²) in [6, 6.07) is 0.506. The normalized spacial score (nSPS) is 25.4. The van der Waals surface area contributed by atoms with Gasteiger partial charge in [-0.05, 0) is 35.2 Å². The zero-order chi connectivity index (χ0) is 15.1. The van der Waals surface area contributed by atoms with Crippen molar-refractivity contribution in [3.05, 3.63) is 15.9 Å². The third-order valence-electron chi connectivity index (χ3n) is 5.04. The first-order valence-electron chi connectivity index (χ1n) is 8.22. The predicted molar refractivity (Wildman–Crippen MR) is 94.3 cm³/mol. The maximum atomic E-state index is 12.7. The van der Waals surface area contributed by atoms with Gasteiger partial charge < -0.3 is 10.2 Å². The van der Waals surface area contributed by atoms with E-state index >= 15 is 0 Å². The molecule has 1 aromatic rings. The molecule has 0 spiro atoms. The molecule has 1 aromatic heterocycles. The number of likely N-dealkylation sites (tertiary alicyclic amines) is 1. The minimum atomic E-state index is 0. The van der Waals surface area contributed by atoms with Gasteiger partial charge >= 0.3 is 0 Å². The number of halogens is 2. The summed E-state index contributed by atoms with van der Waals surface area (Å²) < 4.78 is 0.880. The Kier molecular flexibility index (Phi) is 5.30. The molecule has 3 heterocycles. The molecule has 23 heavy (non-hydrogen) atoms. The van der Waals surface area contributed by atoms with Crippen molar-refractivity contribution >= 4 is 34.2 Å². The highest BCUT2D eigenvalue weighted by atomic mass is 79.9. The van der Waals surface area contributed by atoms with Crippen LogP contribution in [0.2, 0.25) is 0 Å². The lowest BCUT2D eigenvalue weighted by Crippen LogP contribution is -2.49. The summed E-state index contributed by atoms with van der Waals surface area (Å²) in [6.07, 6.45) is 3.47. The SMILES string of the molecule is Cl.O=C(c1n[nH]c(C2CC2)c1Br)N1CCC(N2CCNCC2)C1. The molecule has 1 saturated carbocycles. The van der Waals surface area contributed by atoms with E-state index in [0.29, 0.717) is 17.7 Å². The van der Waals surface area contributed by atoms with Crippen LogP contribution in [-0.2, 0) is 0 Å². The van der Waals surface area contributed by atoms with Crippen LogP contribution in [0.4, 0.5) is 0 Å². The first kappa shape index (κ1) is 17.2. The number of hydrogen-bond acceptors (Lipinski definition) is 4. The maximum Gasteiger partial charge on any atom is 0.275 e. The van der Waals surface area contributed by atoms with Crippen LogP contribution in [0, 0.1) is 0 Å². The zero-order valence-electron chi connectivity index (χ0n) is 13.1. The third-order valence-corrected chi connectivity index (χ3v) is 5.84. The van der Waals surface area contributed by atoms with E-state index in [4.69, 9.17) is 0 Å². The molecule has 3 fully saturated rings. The van der Waals surface area contributed by atoms with Gasteiger partial charge in [0.05, 0.1) is 10.2 Å². The number of rotatable bonds is 3. The van der Waals surface area contributed by atoms with Crippen molar-refractivity contribution in [1.82, 2.24) is 25.3 Å². The quantitative estimate of drug-likeness (QED) is 0.803. The summed E-state index contributed by atoms with van der Waals surface area (Å²) in [5.41, 5.74) is 1.66. The van der Waals surface area contributed by atoms with Crippen molar-refractivity contribution in [1.29, 1.82) is 0 Å². The summed E-state index contributed by atoms with van der Waals surface area (Å²) in [5, 5.41) is 10.7. The Hall–Kier alpha value is -0.630. The number of carbonyl (C=O) groups excluding carboxylic acids is 1. The molecule has 1 atom stereocenters. The lowest BCUT2D eigenvalue weighted by molar-refractivity contribution is 0.0767. The van der Waals surface area contributed by atoms with Crippen LogP contribution in [-0.4, -0.2) is 71.2 Å². The Balaban J connectivity index is 0.00000156. The third kappa shape index (κ3) is 3.43. The Morgan fingerprint density at radius 3 is 2.61 bits per heavy atom. The molecule has 0 aromatic carbocycles. The van der Waals surface area contributed by atoms with Crippen LogP contribution in [0.3, 0.4) is 0 Å². The monoisotopic (exact) mass is 403 g/mol. The Morgan fingerprint density at radius 2 is 1.91 bits per heavy atom. The summed E-state index contributed by atoms with van der Waals surface area (Å²) in [7, 11) is 0. The largest absolute Gasteiger partial charge is 0.336 e. The van der Waals surface area contributed by atoms with Crippen molar-refractivity contribution < 1.29 is 4.79 Å². The number of aromatic nitrogens is 2. The van der Waals surface area contributed by atoms with Crippen LogP contribution in [0.15, 0.2) is 4.47 Å². The number of nitrogens with zero attached hydrogens (tertiary/aromatic N) is 3. The summed E-state index contributed by atoms with van der Waals surface area (Å²) in [5.74, 6) is 0.628. The van der Waals surface area contributed by atoms with E-state index in [9.17, 15) is 4.79 Å². The van der Waals surface area contributed by atoms with Gasteiger partial charge in [0.15, 0.2) is 5.69 Å². The zero-order valence-corrected chi connectivity index (χ0v) is 15.5. The molecule has 2 aliphatic heterocycles. The lowest BCUT2D eigenvalue weighted by Gasteiger charge is -2.32. The van der Waals surface area contributed by atoms with Gasteiger partial charge in [-0.1, -0.05) is 0 Å². The second-order valence-corrected chi connectivity index (χ2v) is 7.35. The van der Waals surface area contributed by atoms with E-state index in [1.54, 1.807) is 0 Å². The lowest BCUT2D eigenvalue weighted by atomic mass is 10.2. The fourth-order valence-electron chi connectivity index (χ4n) is 3.55. The fraction of sp³-hybridized carbons (Fsp3) is 0.733. The molecule has 2 saturated heterocycles. The highest BCUT2D eigenvalue weighted by Crippen LogP contribution is 2.43. The van der Waals surface area contributed by atoms with Gasteiger partial charge in [0, 0.05) is 51.2 Å². The molecule has 6 nitrogen and oxygen atoms in total. The molecule has 128 valence electrons. The van der Waals surface area contributed by atoms with E-state index in [-0.39, 0.29) is 18.3 Å². The molecule has 2 N–H and O–H groups in total. The summed E-state index contributed by atoms with van der Waals surface area (Å²) >= 11 is 3.57. The minimum Gasteiger partial charge on any atom is -0.336 e. The Bertz CT molecular complexity index is 570. The molecular weight excluding hydrogens is 382 g/mol. The van der Waals surface area contributed by atoms with E-state index in [1.807, 2.05) is 4.90 Å². The van der Waals surface area contributed by atoms with Crippen molar-refractivity contribution in [2.75, 3.05) is 39.3 Å². The van der Waals surface area contributed by atoms with E-state index in [1.165, 1.54) is 12.8 Å². The van der Waals surface area contributed by atoms with Crippen molar-refractivity contribution in [2.24, 2.45) is 0 Å². The topological polar surface area (TPSA) is 64.3 Å². The first-order valence-corrected chi connectivity index (χ1v) is 9.01. The average molecular weight is 405 g/mol. The van der Waals surface area contributed by atoms with Crippen LogP contribution < -0.4 is 5.32 Å². The van der Waals surface area contributed by atoms with Crippen molar-refractivity contribution in [3.8, 4) is 0 Å². The number of carbonyl (C=O) groups is 1. The number of nitrogens with one attached hydrogen (secondary N) is 2. The highest BCUT2D eigenvalue weighted by Gasteiger charge is 2.35. The number of amides is 1. The fourth-order valence-corrected chi connectivity index (χ4v) is 4.22. The van der Waals surface area contributed by atoms with E-state index in [0.717, 1.165) is 55.9 Å². The average Bonchev–Trinajstić information content (AvgIpc) is 3.13. The van der Waals surface area contributed by atoms with Gasteiger partial charge in [-0.3, -0.25) is 14.8 Å². The second-order valence-electron chi connectivity index (χ2n) is 6.55. The van der Waals surface area contributed by atoms with Gasteiger partial charge in [0.2, 0.25) is 0 Å². The summed E-state index contributed by atoms with van der Waals surface area (Å²) in [4.78, 5) is 17.2. The molecule has 1 amide bonds. The van der Waals surface area contributed by atoms with Crippen LogP contribution in [0.1, 0.15) is 41.4 Å². The van der Waals surface area contributed by atoms with Crippen molar-refractivity contribution in [2.45, 2.75) is 31.2 Å². The van der Waals surface area contributed by atoms with E-state index in [2.05, 4.69) is 36.3 Å². The van der Waals surface area contributed by atoms with Crippen LogP contribution >= 0.6 is 28.3 Å². The molecule has 8 heteroatoms. The molecule has 3 aliphatic rings. The maximum absolute atomic E-state index is 12.7. The summed E-state index contributed by atoms with van der Waals surface area (Å²) in [6.45, 7) is 5.96. The molecule has 1 aliphatic carbocycles. The van der Waals surface area contributed by atoms with Crippen LogP contribution in [0.25, 0.3) is 0 Å². The Morgan fingerprint density at radius 1 is 1.17 bits per heavy atom.